The molecule has 0 amide bonds. The molecule has 0 spiro atoms. The third-order valence-electron chi connectivity index (χ3n) is 3.31. The molecule has 0 saturated carbocycles. The average Bonchev–Trinajstić information content (AvgIpc) is 2.58. The fourth-order valence-corrected chi connectivity index (χ4v) is 3.37. The number of hydrogen-bond donors (Lipinski definition) is 5. The molecule has 1 saturated heterocycles. The van der Waals surface area contributed by atoms with Crippen LogP contribution in [-0.2, 0) is 19.4 Å². The minimum Gasteiger partial charge on any atom is -0.394 e. The summed E-state index contributed by atoms with van der Waals surface area (Å²) >= 11 is 0.687. The molecule has 1 heterocycles. The molecule has 1 aromatic rings. The zero-order chi connectivity index (χ0) is 18.6. The molecule has 2 rings (SSSR count). The van der Waals surface area contributed by atoms with Crippen molar-refractivity contribution in [2.24, 2.45) is 5.16 Å². The monoisotopic (exact) mass is 395 g/mol. The smallest absolute Gasteiger partial charge is 0.394 e. The topological polar surface area (TPSA) is 166 Å². The Bertz CT molecular complexity index is 695. The molecule has 140 valence electrons. The van der Waals surface area contributed by atoms with Gasteiger partial charge in [0.2, 0.25) is 0 Å². The van der Waals surface area contributed by atoms with Crippen LogP contribution in [0.4, 0.5) is 0 Å². The quantitative estimate of drug-likeness (QED) is 0.175. The van der Waals surface area contributed by atoms with Crippen molar-refractivity contribution in [3.05, 3.63) is 35.9 Å². The van der Waals surface area contributed by atoms with Crippen LogP contribution in [0.1, 0.15) is 5.56 Å². The highest BCUT2D eigenvalue weighted by Gasteiger charge is 2.44. The van der Waals surface area contributed by atoms with E-state index in [1.807, 2.05) is 0 Å². The number of thioether (sulfide) groups is 1. The normalized spacial score (nSPS) is 30.9. The standard InChI is InChI=1S/C13H17NO9S2/c15-6-8-9(16)10(17)11(18)13(22-8)24-12(14-23-25(19,20)21)7-4-2-1-3-5-7/h1-5,8-11,13,15-18H,6H2,(H,19,20,21)/b14-12-/t8-,9-,10+,11+,13+/m0/s1. The highest BCUT2D eigenvalue weighted by molar-refractivity contribution is 8.14. The van der Waals surface area contributed by atoms with Gasteiger partial charge in [-0.1, -0.05) is 47.2 Å². The second kappa shape index (κ2) is 8.42. The number of ether oxygens (including phenoxy) is 1. The number of hydrogen-bond acceptors (Lipinski definition) is 10. The first-order chi connectivity index (χ1) is 11.7. The first-order valence-electron chi connectivity index (χ1n) is 6.99. The second-order valence-electron chi connectivity index (χ2n) is 5.08. The highest BCUT2D eigenvalue weighted by atomic mass is 32.3. The number of aliphatic hydroxyl groups excluding tert-OH is 4. The van der Waals surface area contributed by atoms with Gasteiger partial charge in [0.25, 0.3) is 0 Å². The fourth-order valence-electron chi connectivity index (χ4n) is 2.08. The lowest BCUT2D eigenvalue weighted by Gasteiger charge is -2.39. The van der Waals surface area contributed by atoms with Crippen LogP contribution in [0.2, 0.25) is 0 Å². The molecule has 0 aliphatic carbocycles. The molecule has 0 bridgehead atoms. The van der Waals surface area contributed by atoms with Crippen molar-refractivity contribution in [2.75, 3.05) is 6.61 Å². The molecule has 1 aliphatic rings. The van der Waals surface area contributed by atoms with Crippen LogP contribution >= 0.6 is 11.8 Å². The van der Waals surface area contributed by atoms with Gasteiger partial charge in [0, 0.05) is 5.56 Å². The van der Waals surface area contributed by atoms with Crippen molar-refractivity contribution in [1.29, 1.82) is 0 Å². The van der Waals surface area contributed by atoms with Crippen molar-refractivity contribution >= 4 is 27.2 Å². The molecule has 1 aliphatic heterocycles. The number of oxime groups is 1. The Morgan fingerprint density at radius 1 is 1.16 bits per heavy atom. The Morgan fingerprint density at radius 2 is 1.80 bits per heavy atom. The van der Waals surface area contributed by atoms with Gasteiger partial charge in [0.1, 0.15) is 34.9 Å². The van der Waals surface area contributed by atoms with Crippen LogP contribution in [0.25, 0.3) is 0 Å². The summed E-state index contributed by atoms with van der Waals surface area (Å²) in [4.78, 5) is 0. The zero-order valence-electron chi connectivity index (χ0n) is 12.6. The minimum absolute atomic E-state index is 0.0810. The Hall–Kier alpha value is -1.25. The Balaban J connectivity index is 2.26. The average molecular weight is 395 g/mol. The first-order valence-corrected chi connectivity index (χ1v) is 9.24. The van der Waals surface area contributed by atoms with Gasteiger partial charge in [-0.25, -0.2) is 4.28 Å². The van der Waals surface area contributed by atoms with E-state index in [0.717, 1.165) is 0 Å². The summed E-state index contributed by atoms with van der Waals surface area (Å²) in [7, 11) is -4.85. The van der Waals surface area contributed by atoms with Gasteiger partial charge in [0.05, 0.1) is 6.61 Å². The molecule has 12 heteroatoms. The maximum absolute atomic E-state index is 10.7. The zero-order valence-corrected chi connectivity index (χ0v) is 14.2. The van der Waals surface area contributed by atoms with Gasteiger partial charge in [-0.3, -0.25) is 4.55 Å². The van der Waals surface area contributed by atoms with Crippen molar-refractivity contribution in [1.82, 2.24) is 0 Å². The van der Waals surface area contributed by atoms with Gasteiger partial charge in [-0.05, 0) is 0 Å². The first kappa shape index (κ1) is 20.1. The molecule has 1 fully saturated rings. The van der Waals surface area contributed by atoms with E-state index in [1.165, 1.54) is 0 Å². The maximum Gasteiger partial charge on any atom is 0.466 e. The van der Waals surface area contributed by atoms with Crippen molar-refractivity contribution in [3.8, 4) is 0 Å². The van der Waals surface area contributed by atoms with E-state index >= 15 is 0 Å². The van der Waals surface area contributed by atoms with Crippen LogP contribution in [-0.4, -0.2) is 74.9 Å². The lowest BCUT2D eigenvalue weighted by molar-refractivity contribution is -0.205. The van der Waals surface area contributed by atoms with Crippen LogP contribution in [0.3, 0.4) is 0 Å². The van der Waals surface area contributed by atoms with E-state index in [4.69, 9.17) is 9.29 Å². The fraction of sp³-hybridized carbons (Fsp3) is 0.462. The summed E-state index contributed by atoms with van der Waals surface area (Å²) in [6, 6.07) is 8.08. The second-order valence-corrected chi connectivity index (χ2v) is 7.17. The molecule has 5 atom stereocenters. The molecule has 5 N–H and O–H groups in total. The third kappa shape index (κ3) is 5.36. The lowest BCUT2D eigenvalue weighted by atomic mass is 10.0. The number of aliphatic hydroxyl groups is 4. The van der Waals surface area contributed by atoms with E-state index in [2.05, 4.69) is 9.44 Å². The van der Waals surface area contributed by atoms with Gasteiger partial charge < -0.3 is 25.2 Å². The summed E-state index contributed by atoms with van der Waals surface area (Å²) in [6.45, 7) is -0.610. The summed E-state index contributed by atoms with van der Waals surface area (Å²) in [5.41, 5.74) is -0.812. The van der Waals surface area contributed by atoms with E-state index in [9.17, 15) is 28.8 Å². The van der Waals surface area contributed by atoms with E-state index in [-0.39, 0.29) is 5.04 Å². The maximum atomic E-state index is 10.7. The van der Waals surface area contributed by atoms with Gasteiger partial charge >= 0.3 is 10.4 Å². The van der Waals surface area contributed by atoms with E-state index < -0.39 is 46.9 Å². The molecular weight excluding hydrogens is 378 g/mol. The summed E-state index contributed by atoms with van der Waals surface area (Å²) < 4.78 is 39.5. The predicted octanol–water partition coefficient (Wildman–Crippen LogP) is -1.30. The molecule has 10 nitrogen and oxygen atoms in total. The Labute approximate surface area is 147 Å². The van der Waals surface area contributed by atoms with Crippen molar-refractivity contribution < 1.29 is 42.4 Å². The predicted molar refractivity (Wildman–Crippen MR) is 87.0 cm³/mol. The van der Waals surface area contributed by atoms with E-state index in [0.29, 0.717) is 17.3 Å². The van der Waals surface area contributed by atoms with Crippen LogP contribution < -0.4 is 0 Å². The SMILES string of the molecule is O=S(=O)(O)O/N=C(\S[C@H]1O[C@@H](CO)[C@H](O)[C@@H](O)[C@H]1O)c1ccccc1. The largest absolute Gasteiger partial charge is 0.466 e. The van der Waals surface area contributed by atoms with E-state index in [1.54, 1.807) is 30.3 Å². The Morgan fingerprint density at radius 3 is 2.36 bits per heavy atom. The van der Waals surface area contributed by atoms with Crippen LogP contribution in [0.5, 0.6) is 0 Å². The molecule has 0 aromatic heterocycles. The Kier molecular flexibility index (Phi) is 6.76. The molecule has 25 heavy (non-hydrogen) atoms. The van der Waals surface area contributed by atoms with Gasteiger partial charge in [-0.2, -0.15) is 8.42 Å². The van der Waals surface area contributed by atoms with Crippen molar-refractivity contribution in [2.45, 2.75) is 29.9 Å². The summed E-state index contributed by atoms with van der Waals surface area (Å²) in [5.74, 6) is 0. The molecule has 0 unspecified atom stereocenters. The highest BCUT2D eigenvalue weighted by Crippen LogP contribution is 2.31. The molecule has 1 aromatic carbocycles. The number of benzene rings is 1. The van der Waals surface area contributed by atoms with Gasteiger partial charge in [0.15, 0.2) is 0 Å². The summed E-state index contributed by atoms with van der Waals surface area (Å²) in [5, 5.41) is 42.1. The number of nitrogens with zero attached hydrogens (tertiary/aromatic N) is 1. The lowest BCUT2D eigenvalue weighted by Crippen LogP contribution is -2.57. The minimum atomic E-state index is -4.85. The molecule has 0 radical (unpaired) electrons. The summed E-state index contributed by atoms with van der Waals surface area (Å²) in [6.07, 6.45) is -5.80. The third-order valence-corrected chi connectivity index (χ3v) is 4.73. The van der Waals surface area contributed by atoms with Gasteiger partial charge in [-0.15, -0.1) is 0 Å². The van der Waals surface area contributed by atoms with Crippen LogP contribution in [0.15, 0.2) is 35.5 Å². The van der Waals surface area contributed by atoms with Crippen molar-refractivity contribution in [3.63, 3.8) is 0 Å². The van der Waals surface area contributed by atoms with Crippen LogP contribution in [0, 0.1) is 0 Å². The number of rotatable bonds is 5. The molecular formula is C13H17NO9S2.